The highest BCUT2D eigenvalue weighted by molar-refractivity contribution is 6.25. The lowest BCUT2D eigenvalue weighted by atomic mass is 9.58. The fraction of sp³-hybridized carbons (Fsp3) is 0.500. The van der Waals surface area contributed by atoms with Crippen LogP contribution >= 0.6 is 0 Å². The Morgan fingerprint density at radius 1 is 1.24 bits per heavy atom. The summed E-state index contributed by atoms with van der Waals surface area (Å²) < 4.78 is 15.4. The van der Waals surface area contributed by atoms with Crippen LogP contribution in [0.5, 0.6) is 5.75 Å². The number of aromatic hydroxyl groups is 1. The Morgan fingerprint density at radius 3 is 2.51 bits per heavy atom. The van der Waals surface area contributed by atoms with Gasteiger partial charge in [0.2, 0.25) is 11.7 Å². The number of primary amides is 1. The van der Waals surface area contributed by atoms with E-state index in [1.165, 1.54) is 19.0 Å². The van der Waals surface area contributed by atoms with Gasteiger partial charge in [0.25, 0.3) is 5.91 Å². The van der Waals surface area contributed by atoms with Crippen molar-refractivity contribution in [1.29, 1.82) is 0 Å². The lowest BCUT2D eigenvalue weighted by molar-refractivity contribution is -0.148. The van der Waals surface area contributed by atoms with Gasteiger partial charge in [-0.3, -0.25) is 29.0 Å². The number of likely N-dealkylation sites (tertiary alicyclic amines) is 1. The van der Waals surface area contributed by atoms with Crippen LogP contribution in [0.15, 0.2) is 28.7 Å². The summed E-state index contributed by atoms with van der Waals surface area (Å²) in [6.07, 6.45) is 1.52. The number of nitrogens with one attached hydrogen (secondary N) is 1. The highest BCUT2D eigenvalue weighted by atomic mass is 19.1. The van der Waals surface area contributed by atoms with Crippen molar-refractivity contribution in [3.05, 3.63) is 45.7 Å². The van der Waals surface area contributed by atoms with Gasteiger partial charge in [0.05, 0.1) is 23.8 Å². The zero-order valence-corrected chi connectivity index (χ0v) is 22.9. The normalized spacial score (nSPS) is 29.9. The Hall–Kier alpha value is -3.81. The van der Waals surface area contributed by atoms with Crippen LogP contribution in [0.3, 0.4) is 0 Å². The van der Waals surface area contributed by atoms with Crippen molar-refractivity contribution in [1.82, 2.24) is 9.80 Å². The number of aliphatic hydroxyl groups excluding tert-OH is 2. The minimum atomic E-state index is -2.79. The van der Waals surface area contributed by atoms with Crippen LogP contribution < -0.4 is 11.1 Å². The summed E-state index contributed by atoms with van der Waals surface area (Å²) in [5, 5.41) is 47.3. The highest BCUT2D eigenvalue weighted by Crippen LogP contribution is 2.53. The van der Waals surface area contributed by atoms with Gasteiger partial charge in [-0.25, -0.2) is 4.39 Å². The average Bonchev–Trinajstić information content (AvgIpc) is 3.27. The van der Waals surface area contributed by atoms with Crippen LogP contribution in [0.2, 0.25) is 0 Å². The number of carbonyl (C=O) groups excluding carboxylic acids is 4. The second-order valence-corrected chi connectivity index (χ2v) is 11.6. The number of carbonyl (C=O) groups is 4. The van der Waals surface area contributed by atoms with Crippen molar-refractivity contribution in [2.24, 2.45) is 17.6 Å². The first kappa shape index (κ1) is 28.7. The first-order chi connectivity index (χ1) is 19.2. The Bertz CT molecular complexity index is 1450. The van der Waals surface area contributed by atoms with Crippen molar-refractivity contribution in [3.63, 3.8) is 0 Å². The van der Waals surface area contributed by atoms with E-state index in [0.29, 0.717) is 6.54 Å². The number of hydrogen-bond donors (Lipinski definition) is 6. The smallest absolute Gasteiger partial charge is 0.255 e. The van der Waals surface area contributed by atoms with Crippen LogP contribution in [0.4, 0.5) is 10.1 Å². The van der Waals surface area contributed by atoms with E-state index in [1.807, 2.05) is 11.8 Å². The molecule has 41 heavy (non-hydrogen) atoms. The topological polar surface area (TPSA) is 194 Å². The second kappa shape index (κ2) is 9.93. The number of amides is 2. The van der Waals surface area contributed by atoms with Crippen LogP contribution in [-0.2, 0) is 20.8 Å². The van der Waals surface area contributed by atoms with Crippen molar-refractivity contribution < 1.29 is 44.0 Å². The number of allylic oxidation sites excluding steroid dienone is 1. The molecule has 2 amide bonds. The summed E-state index contributed by atoms with van der Waals surface area (Å²) in [7, 11) is 3.04. The molecule has 0 unspecified atom stereocenters. The molecule has 0 saturated carbocycles. The molecule has 1 fully saturated rings. The number of likely N-dealkylation sites (N-methyl/N-ethyl adjacent to an activating group) is 1. The van der Waals surface area contributed by atoms with E-state index in [0.717, 1.165) is 18.9 Å². The van der Waals surface area contributed by atoms with Gasteiger partial charge in [-0.2, -0.15) is 0 Å². The SMILES string of the molecule is C[C@@H]1CCCN1CC(=O)Nc1cc(F)c2c(c1O)C(=O)C1=C(O)[C@]3(O)C(=O)C(C(N)=O)=C(O)[C@@H](N(C)C)[C@@H]3C[C@@H]1C2. The second-order valence-electron chi connectivity index (χ2n) is 11.6. The number of phenols is 1. The largest absolute Gasteiger partial charge is 0.510 e. The molecule has 1 heterocycles. The number of ketones is 2. The summed E-state index contributed by atoms with van der Waals surface area (Å²) in [4.78, 5) is 55.3. The quantitative estimate of drug-likeness (QED) is 0.216. The molecule has 1 saturated heterocycles. The monoisotopic (exact) mass is 572 g/mol. The van der Waals surface area contributed by atoms with Crippen LogP contribution in [-0.4, -0.2) is 98.5 Å². The third-order valence-corrected chi connectivity index (χ3v) is 8.98. The number of phenolic OH excluding ortho intramolecular Hbond substituents is 1. The molecule has 12 nitrogen and oxygen atoms in total. The molecule has 5 atom stereocenters. The number of nitrogens with zero attached hydrogens (tertiary/aromatic N) is 2. The summed E-state index contributed by atoms with van der Waals surface area (Å²) >= 11 is 0. The Labute approximate surface area is 234 Å². The molecule has 0 radical (unpaired) electrons. The average molecular weight is 573 g/mol. The molecule has 4 aliphatic rings. The molecule has 1 aromatic rings. The molecular weight excluding hydrogens is 539 g/mol. The maximum atomic E-state index is 15.4. The van der Waals surface area contributed by atoms with Crippen LogP contribution in [0, 0.1) is 17.7 Å². The lowest BCUT2D eigenvalue weighted by Gasteiger charge is -2.50. The zero-order chi connectivity index (χ0) is 30.1. The van der Waals surface area contributed by atoms with Gasteiger partial charge in [0, 0.05) is 29.2 Å². The summed E-state index contributed by atoms with van der Waals surface area (Å²) in [5.41, 5.74) is 0.230. The molecular formula is C28H33FN4O8. The molecule has 5 rings (SSSR count). The predicted octanol–water partition coefficient (Wildman–Crippen LogP) is 0.683. The molecule has 1 aliphatic heterocycles. The van der Waals surface area contributed by atoms with Gasteiger partial charge >= 0.3 is 0 Å². The number of fused-ring (bicyclic) bond motifs is 3. The van der Waals surface area contributed by atoms with E-state index < -0.39 is 86.7 Å². The van der Waals surface area contributed by atoms with E-state index in [2.05, 4.69) is 5.32 Å². The van der Waals surface area contributed by atoms with Gasteiger partial charge in [0.1, 0.15) is 22.9 Å². The fourth-order valence-corrected chi connectivity index (χ4v) is 6.97. The Morgan fingerprint density at radius 2 is 1.93 bits per heavy atom. The molecule has 0 aromatic heterocycles. The number of nitrogens with two attached hydrogens (primary N) is 1. The van der Waals surface area contributed by atoms with Crippen molar-refractivity contribution in [2.75, 3.05) is 32.5 Å². The van der Waals surface area contributed by atoms with Gasteiger partial charge in [-0.05, 0) is 59.2 Å². The molecule has 0 spiro atoms. The van der Waals surface area contributed by atoms with E-state index in [1.54, 1.807) is 0 Å². The maximum absolute atomic E-state index is 15.4. The highest BCUT2D eigenvalue weighted by Gasteiger charge is 2.63. The van der Waals surface area contributed by atoms with Crippen molar-refractivity contribution in [2.45, 2.75) is 50.3 Å². The predicted molar refractivity (Wildman–Crippen MR) is 143 cm³/mol. The summed E-state index contributed by atoms with van der Waals surface area (Å²) in [6.45, 7) is 2.71. The number of anilines is 1. The fourth-order valence-electron chi connectivity index (χ4n) is 6.97. The molecule has 0 bridgehead atoms. The van der Waals surface area contributed by atoms with Gasteiger partial charge < -0.3 is 31.5 Å². The number of aliphatic hydroxyl groups is 3. The number of halogens is 1. The first-order valence-corrected chi connectivity index (χ1v) is 13.4. The van der Waals surface area contributed by atoms with Crippen molar-refractivity contribution >= 4 is 29.1 Å². The minimum absolute atomic E-state index is 0.00735. The Balaban J connectivity index is 1.57. The number of hydrogen-bond acceptors (Lipinski definition) is 10. The van der Waals surface area contributed by atoms with Crippen molar-refractivity contribution in [3.8, 4) is 5.75 Å². The standard InChI is InChI=1S/C28H33FN4O8/c1-11-5-4-6-33(11)10-17(34)31-16-9-15(29)13-7-12-8-14-21(32(2)3)24(37)20(27(30)40)26(39)28(14,41)25(38)18(12)23(36)19(13)22(16)35/h9,11-12,14,21,35,37-38,41H,4-8,10H2,1-3H3,(H2,30,40)(H,31,34)/t11-,12+,14+,21+,28+/m1/s1. The van der Waals surface area contributed by atoms with E-state index >= 15 is 4.39 Å². The minimum Gasteiger partial charge on any atom is -0.510 e. The molecule has 3 aliphatic carbocycles. The van der Waals surface area contributed by atoms with Crippen LogP contribution in [0.1, 0.15) is 42.1 Å². The van der Waals surface area contributed by atoms with E-state index in [9.17, 15) is 39.6 Å². The number of rotatable bonds is 5. The molecule has 1 aromatic carbocycles. The van der Waals surface area contributed by atoms with Gasteiger partial charge in [-0.15, -0.1) is 0 Å². The van der Waals surface area contributed by atoms with Crippen LogP contribution in [0.25, 0.3) is 0 Å². The zero-order valence-electron chi connectivity index (χ0n) is 22.9. The lowest BCUT2D eigenvalue weighted by Crippen LogP contribution is -2.63. The maximum Gasteiger partial charge on any atom is 0.255 e. The number of Topliss-reactive ketones (excluding diaryl/α,β-unsaturated/α-hetero) is 2. The van der Waals surface area contributed by atoms with Gasteiger partial charge in [0.15, 0.2) is 17.1 Å². The van der Waals surface area contributed by atoms with E-state index in [4.69, 9.17) is 5.73 Å². The summed E-state index contributed by atoms with van der Waals surface area (Å²) in [6, 6.07) is -0.0269. The third kappa shape index (κ3) is 4.21. The van der Waals surface area contributed by atoms with E-state index in [-0.39, 0.29) is 36.7 Å². The molecule has 7 N–H and O–H groups in total. The molecule has 220 valence electrons. The van der Waals surface area contributed by atoms with Gasteiger partial charge in [-0.1, -0.05) is 0 Å². The summed E-state index contributed by atoms with van der Waals surface area (Å²) in [5.74, 6) is -9.65. The Kier molecular flexibility index (Phi) is 6.95. The third-order valence-electron chi connectivity index (χ3n) is 8.98. The first-order valence-electron chi connectivity index (χ1n) is 13.4. The number of benzene rings is 1. The molecule has 13 heteroatoms.